The van der Waals surface area contributed by atoms with E-state index in [9.17, 15) is 9.90 Å². The first-order valence-corrected chi connectivity index (χ1v) is 10.4. The third-order valence-corrected chi connectivity index (χ3v) is 6.32. The Balaban J connectivity index is 1.57. The Labute approximate surface area is 181 Å². The van der Waals surface area contributed by atoms with Gasteiger partial charge in [-0.3, -0.25) is 20.1 Å². The highest BCUT2D eigenvalue weighted by atomic mass is 35.5. The highest BCUT2D eigenvalue weighted by molar-refractivity contribution is 6.34. The highest BCUT2D eigenvalue weighted by Gasteiger charge is 2.49. The zero-order valence-corrected chi connectivity index (χ0v) is 18.0. The van der Waals surface area contributed by atoms with Crippen molar-refractivity contribution in [1.82, 2.24) is 15.2 Å². The van der Waals surface area contributed by atoms with E-state index in [1.807, 2.05) is 44.2 Å². The number of nitrogens with one attached hydrogen (secondary N) is 3. The van der Waals surface area contributed by atoms with Crippen LogP contribution in [0.3, 0.4) is 0 Å². The molecule has 0 radical (unpaired) electrons. The van der Waals surface area contributed by atoms with Gasteiger partial charge in [-0.2, -0.15) is 0 Å². The molecule has 2 heterocycles. The molecule has 0 bridgehead atoms. The number of amides is 1. The molecule has 1 saturated heterocycles. The van der Waals surface area contributed by atoms with Crippen molar-refractivity contribution in [2.75, 3.05) is 5.32 Å². The molecule has 2 aliphatic rings. The summed E-state index contributed by atoms with van der Waals surface area (Å²) >= 11 is 6.73. The standard InChI is InChI=1S/C22H26ClN5O2/c1-13-7-8-14(12-25-13)26-17-6-4-5-16(19(17)23)22(3)11-18(29)28(20(24)27-22)15-9-21(2,30)10-15/h4-8,12,15,26,30H,9-11H2,1-3H3,(H2,24,27)/t15?,21?,22-/m0/s1. The van der Waals surface area contributed by atoms with Crippen molar-refractivity contribution >= 4 is 34.8 Å². The van der Waals surface area contributed by atoms with Gasteiger partial charge in [-0.15, -0.1) is 0 Å². The maximum absolute atomic E-state index is 13.0. The lowest BCUT2D eigenvalue weighted by atomic mass is 9.75. The third-order valence-electron chi connectivity index (χ3n) is 5.91. The Morgan fingerprint density at radius 3 is 2.63 bits per heavy atom. The summed E-state index contributed by atoms with van der Waals surface area (Å²) in [6.45, 7) is 5.56. The Hall–Kier alpha value is -2.64. The van der Waals surface area contributed by atoms with Gasteiger partial charge >= 0.3 is 0 Å². The monoisotopic (exact) mass is 427 g/mol. The summed E-state index contributed by atoms with van der Waals surface area (Å²) in [7, 11) is 0. The number of halogens is 1. The van der Waals surface area contributed by atoms with Gasteiger partial charge in [0.2, 0.25) is 5.91 Å². The van der Waals surface area contributed by atoms with Gasteiger partial charge in [-0.25, -0.2) is 0 Å². The van der Waals surface area contributed by atoms with Crippen molar-refractivity contribution in [1.29, 1.82) is 5.41 Å². The maximum atomic E-state index is 13.0. The molecule has 2 fully saturated rings. The average Bonchev–Trinajstić information content (AvgIpc) is 2.63. The number of hydrogen-bond acceptors (Lipinski definition) is 5. The van der Waals surface area contributed by atoms with Crippen LogP contribution < -0.4 is 10.6 Å². The summed E-state index contributed by atoms with van der Waals surface area (Å²) in [6.07, 6.45) is 2.86. The van der Waals surface area contributed by atoms with Crippen LogP contribution in [-0.2, 0) is 10.3 Å². The van der Waals surface area contributed by atoms with Crippen molar-refractivity contribution in [3.63, 3.8) is 0 Å². The number of aliphatic hydroxyl groups is 1. The Morgan fingerprint density at radius 2 is 2.03 bits per heavy atom. The number of anilines is 2. The molecule has 0 spiro atoms. The van der Waals surface area contributed by atoms with E-state index in [1.165, 1.54) is 4.90 Å². The summed E-state index contributed by atoms with van der Waals surface area (Å²) in [4.78, 5) is 18.7. The second kappa shape index (κ2) is 7.25. The molecule has 1 aliphatic carbocycles. The van der Waals surface area contributed by atoms with Crippen molar-refractivity contribution in [3.8, 4) is 0 Å². The first kappa shape index (κ1) is 20.6. The van der Waals surface area contributed by atoms with Gasteiger partial charge in [0.25, 0.3) is 0 Å². The van der Waals surface area contributed by atoms with E-state index in [4.69, 9.17) is 17.0 Å². The SMILES string of the molecule is Cc1ccc(Nc2cccc([C@]3(C)CC(=O)N(C4CC(C)(O)C4)C(=N)N3)c2Cl)cn1. The van der Waals surface area contributed by atoms with E-state index >= 15 is 0 Å². The number of aryl methyl sites for hydroxylation is 1. The van der Waals surface area contributed by atoms with Gasteiger partial charge in [0.1, 0.15) is 0 Å². The average molecular weight is 428 g/mol. The van der Waals surface area contributed by atoms with Crippen molar-refractivity contribution in [2.24, 2.45) is 0 Å². The molecule has 30 heavy (non-hydrogen) atoms. The van der Waals surface area contributed by atoms with Gasteiger partial charge in [-0.1, -0.05) is 23.7 Å². The fourth-order valence-corrected chi connectivity index (χ4v) is 4.70. The molecular weight excluding hydrogens is 402 g/mol. The number of rotatable bonds is 4. The van der Waals surface area contributed by atoms with Crippen LogP contribution in [0.15, 0.2) is 36.5 Å². The minimum Gasteiger partial charge on any atom is -0.390 e. The Kier molecular flexibility index (Phi) is 4.98. The molecule has 1 saturated carbocycles. The van der Waals surface area contributed by atoms with E-state index in [-0.39, 0.29) is 24.3 Å². The van der Waals surface area contributed by atoms with Crippen molar-refractivity contribution < 1.29 is 9.90 Å². The Morgan fingerprint density at radius 1 is 1.30 bits per heavy atom. The molecule has 8 heteroatoms. The highest BCUT2D eigenvalue weighted by Crippen LogP contribution is 2.41. The molecule has 1 aromatic heterocycles. The third kappa shape index (κ3) is 3.75. The number of aromatic nitrogens is 1. The van der Waals surface area contributed by atoms with E-state index < -0.39 is 11.1 Å². The summed E-state index contributed by atoms with van der Waals surface area (Å²) in [5, 5.41) is 25.4. The number of hydrogen-bond donors (Lipinski definition) is 4. The molecule has 158 valence electrons. The van der Waals surface area contributed by atoms with Crippen LogP contribution in [-0.4, -0.2) is 38.5 Å². The van der Waals surface area contributed by atoms with Crippen LogP contribution >= 0.6 is 11.6 Å². The van der Waals surface area contributed by atoms with Crippen LogP contribution in [0.25, 0.3) is 0 Å². The summed E-state index contributed by atoms with van der Waals surface area (Å²) in [6, 6.07) is 9.32. The van der Waals surface area contributed by atoms with E-state index in [2.05, 4.69) is 15.6 Å². The Bertz CT molecular complexity index is 979. The molecule has 2 aromatic rings. The van der Waals surface area contributed by atoms with Crippen molar-refractivity contribution in [2.45, 2.75) is 57.2 Å². The quantitative estimate of drug-likeness (QED) is 0.596. The molecule has 1 aliphatic heterocycles. The molecule has 4 N–H and O–H groups in total. The molecule has 1 amide bonds. The minimum atomic E-state index is -0.808. The smallest absolute Gasteiger partial charge is 0.232 e. The molecule has 7 nitrogen and oxygen atoms in total. The fourth-order valence-electron chi connectivity index (χ4n) is 4.32. The molecule has 1 aromatic carbocycles. The van der Waals surface area contributed by atoms with Gasteiger partial charge < -0.3 is 15.7 Å². The van der Waals surface area contributed by atoms with Crippen LogP contribution in [0.4, 0.5) is 11.4 Å². The summed E-state index contributed by atoms with van der Waals surface area (Å²) in [5.74, 6) is -0.0923. The van der Waals surface area contributed by atoms with Crippen LogP contribution in [0.5, 0.6) is 0 Å². The molecular formula is C22H26ClN5O2. The predicted octanol–water partition coefficient (Wildman–Crippen LogP) is 3.67. The van der Waals surface area contributed by atoms with E-state index in [0.717, 1.165) is 16.9 Å². The van der Waals surface area contributed by atoms with E-state index in [1.54, 1.807) is 13.1 Å². The zero-order chi connectivity index (χ0) is 21.7. The van der Waals surface area contributed by atoms with Gasteiger partial charge in [-0.05, 0) is 57.4 Å². The van der Waals surface area contributed by atoms with Gasteiger partial charge in [0.15, 0.2) is 5.96 Å². The summed E-state index contributed by atoms with van der Waals surface area (Å²) in [5.41, 5.74) is 1.62. The second-order valence-electron chi connectivity index (χ2n) is 8.79. The normalized spacial score (nSPS) is 28.7. The lowest BCUT2D eigenvalue weighted by Crippen LogP contribution is -2.66. The zero-order valence-electron chi connectivity index (χ0n) is 17.3. The second-order valence-corrected chi connectivity index (χ2v) is 9.16. The van der Waals surface area contributed by atoms with Crippen molar-refractivity contribution in [3.05, 3.63) is 52.8 Å². The number of pyridine rings is 1. The minimum absolute atomic E-state index is 0.0476. The van der Waals surface area contributed by atoms with Gasteiger partial charge in [0.05, 0.1) is 40.2 Å². The number of carbonyl (C=O) groups excluding carboxylic acids is 1. The lowest BCUT2D eigenvalue weighted by molar-refractivity contribution is -0.139. The first-order valence-electron chi connectivity index (χ1n) is 9.98. The molecule has 1 atom stereocenters. The van der Waals surface area contributed by atoms with Crippen LogP contribution in [0.1, 0.15) is 44.4 Å². The topological polar surface area (TPSA) is 101 Å². The number of benzene rings is 1. The fraction of sp³-hybridized carbons (Fsp3) is 0.409. The molecule has 0 unspecified atom stereocenters. The van der Waals surface area contributed by atoms with Gasteiger partial charge in [0, 0.05) is 11.7 Å². The lowest BCUT2D eigenvalue weighted by Gasteiger charge is -2.50. The number of guanidine groups is 1. The van der Waals surface area contributed by atoms with E-state index in [0.29, 0.717) is 23.6 Å². The first-order chi connectivity index (χ1) is 14.1. The van der Waals surface area contributed by atoms with Crippen LogP contribution in [0.2, 0.25) is 5.02 Å². The summed E-state index contributed by atoms with van der Waals surface area (Å²) < 4.78 is 0. The predicted molar refractivity (Wildman–Crippen MR) is 117 cm³/mol. The number of nitrogens with zero attached hydrogens (tertiary/aromatic N) is 2. The molecule has 4 rings (SSSR count). The number of carbonyl (C=O) groups is 1. The van der Waals surface area contributed by atoms with Crippen LogP contribution in [0, 0.1) is 12.3 Å². The maximum Gasteiger partial charge on any atom is 0.232 e. The largest absolute Gasteiger partial charge is 0.390 e.